The molecule has 8 heteroatoms. The number of para-hydroxylation sites is 1. The molecule has 3 rings (SSSR count). The lowest BCUT2D eigenvalue weighted by atomic mass is 9.99. The molecule has 31 heavy (non-hydrogen) atoms. The summed E-state index contributed by atoms with van der Waals surface area (Å²) in [4.78, 5) is 14.9. The fourth-order valence-corrected chi connectivity index (χ4v) is 5.39. The van der Waals surface area contributed by atoms with E-state index in [1.807, 2.05) is 18.2 Å². The summed E-state index contributed by atoms with van der Waals surface area (Å²) in [6.45, 7) is 4.88. The van der Waals surface area contributed by atoms with Crippen LogP contribution in [0.2, 0.25) is 0 Å². The molecule has 0 radical (unpaired) electrons. The molecule has 1 amide bonds. The molecule has 1 fully saturated rings. The van der Waals surface area contributed by atoms with Crippen LogP contribution in [0.25, 0.3) is 0 Å². The van der Waals surface area contributed by atoms with Gasteiger partial charge in [0.15, 0.2) is 0 Å². The Morgan fingerprint density at radius 3 is 2.55 bits per heavy atom. The molecule has 2 aromatic carbocycles. The highest BCUT2D eigenvalue weighted by molar-refractivity contribution is 7.89. The normalized spacial score (nSPS) is 17.3. The Kier molecular flexibility index (Phi) is 8.03. The third-order valence-electron chi connectivity index (χ3n) is 5.61. The van der Waals surface area contributed by atoms with Gasteiger partial charge in [-0.15, -0.1) is 0 Å². The van der Waals surface area contributed by atoms with Crippen LogP contribution in [-0.2, 0) is 14.8 Å². The van der Waals surface area contributed by atoms with Crippen molar-refractivity contribution in [2.24, 2.45) is 5.92 Å². The van der Waals surface area contributed by atoms with Crippen LogP contribution >= 0.6 is 0 Å². The molecule has 0 aliphatic carbocycles. The maximum absolute atomic E-state index is 13.1. The van der Waals surface area contributed by atoms with Gasteiger partial charge >= 0.3 is 0 Å². The molecule has 0 spiro atoms. The molecule has 1 aliphatic rings. The lowest BCUT2D eigenvalue weighted by Crippen LogP contribution is -2.45. The van der Waals surface area contributed by atoms with Crippen molar-refractivity contribution in [1.29, 1.82) is 0 Å². The highest BCUT2D eigenvalue weighted by Crippen LogP contribution is 2.24. The number of piperidine rings is 1. The van der Waals surface area contributed by atoms with E-state index in [-0.39, 0.29) is 23.3 Å². The van der Waals surface area contributed by atoms with Crippen molar-refractivity contribution in [2.75, 3.05) is 37.6 Å². The molecule has 1 N–H and O–H groups in total. The zero-order valence-corrected chi connectivity index (χ0v) is 18.7. The molecule has 0 bridgehead atoms. The summed E-state index contributed by atoms with van der Waals surface area (Å²) in [5.41, 5.74) is 1.16. The standard InChI is InChI=1S/C23H30FN3O3S/c1-2-26(21-9-4-3-5-10-21)16-7-15-25-23(28)19-8-6-17-27(18-19)31(29,30)22-13-11-20(24)12-14-22/h3-5,9-14,19H,2,6-8,15-18H2,1H3,(H,25,28). The van der Waals surface area contributed by atoms with Crippen molar-refractivity contribution in [3.8, 4) is 0 Å². The number of sulfonamides is 1. The summed E-state index contributed by atoms with van der Waals surface area (Å²) in [6, 6.07) is 14.9. The van der Waals surface area contributed by atoms with Gasteiger partial charge in [0.2, 0.25) is 15.9 Å². The van der Waals surface area contributed by atoms with Crippen molar-refractivity contribution < 1.29 is 17.6 Å². The largest absolute Gasteiger partial charge is 0.372 e. The van der Waals surface area contributed by atoms with Crippen LogP contribution < -0.4 is 10.2 Å². The van der Waals surface area contributed by atoms with Gasteiger partial charge in [-0.1, -0.05) is 18.2 Å². The first-order chi connectivity index (χ1) is 14.9. The summed E-state index contributed by atoms with van der Waals surface area (Å²) in [5.74, 6) is -0.967. The van der Waals surface area contributed by atoms with Gasteiger partial charge in [0.1, 0.15) is 5.82 Å². The van der Waals surface area contributed by atoms with E-state index >= 15 is 0 Å². The van der Waals surface area contributed by atoms with E-state index in [0.29, 0.717) is 25.9 Å². The van der Waals surface area contributed by atoms with Crippen LogP contribution in [0.4, 0.5) is 10.1 Å². The average Bonchev–Trinajstić information content (AvgIpc) is 2.80. The van der Waals surface area contributed by atoms with Gasteiger partial charge in [-0.05, 0) is 62.6 Å². The molecule has 1 atom stereocenters. The fourth-order valence-electron chi connectivity index (χ4n) is 3.86. The molecule has 0 saturated carbocycles. The number of benzene rings is 2. The summed E-state index contributed by atoms with van der Waals surface area (Å²) in [7, 11) is -3.74. The number of hydrogen-bond acceptors (Lipinski definition) is 4. The van der Waals surface area contributed by atoms with Crippen LogP contribution in [0, 0.1) is 11.7 Å². The molecule has 168 valence electrons. The van der Waals surface area contributed by atoms with E-state index in [2.05, 4.69) is 29.3 Å². The van der Waals surface area contributed by atoms with Gasteiger partial charge in [0.05, 0.1) is 10.8 Å². The van der Waals surface area contributed by atoms with Gasteiger partial charge in [-0.2, -0.15) is 4.31 Å². The van der Waals surface area contributed by atoms with Crippen LogP contribution in [-0.4, -0.2) is 51.4 Å². The van der Waals surface area contributed by atoms with Crippen molar-refractivity contribution >= 4 is 21.6 Å². The molecular weight excluding hydrogens is 417 g/mol. The predicted octanol–water partition coefficient (Wildman–Crippen LogP) is 3.26. The first kappa shape index (κ1) is 23.2. The number of amides is 1. The van der Waals surface area contributed by atoms with E-state index < -0.39 is 15.8 Å². The monoisotopic (exact) mass is 447 g/mol. The van der Waals surface area contributed by atoms with E-state index in [9.17, 15) is 17.6 Å². The zero-order chi connectivity index (χ0) is 22.3. The van der Waals surface area contributed by atoms with Crippen LogP contribution in [0.15, 0.2) is 59.5 Å². The number of carbonyl (C=O) groups is 1. The molecule has 1 unspecified atom stereocenters. The summed E-state index contributed by atoms with van der Waals surface area (Å²) in [6.07, 6.45) is 2.08. The number of halogens is 1. The lowest BCUT2D eigenvalue weighted by Gasteiger charge is -2.31. The highest BCUT2D eigenvalue weighted by atomic mass is 32.2. The second-order valence-corrected chi connectivity index (χ2v) is 9.65. The Labute approximate surface area is 184 Å². The molecule has 6 nitrogen and oxygen atoms in total. The summed E-state index contributed by atoms with van der Waals surface area (Å²) >= 11 is 0. The van der Waals surface area contributed by atoms with Crippen LogP contribution in [0.1, 0.15) is 26.2 Å². The number of carbonyl (C=O) groups excluding carboxylic acids is 1. The molecule has 1 saturated heterocycles. The van der Waals surface area contributed by atoms with Gasteiger partial charge in [0, 0.05) is 38.4 Å². The van der Waals surface area contributed by atoms with Gasteiger partial charge in [-0.3, -0.25) is 4.79 Å². The number of hydrogen-bond donors (Lipinski definition) is 1. The number of rotatable bonds is 9. The molecule has 0 aromatic heterocycles. The average molecular weight is 448 g/mol. The summed E-state index contributed by atoms with van der Waals surface area (Å²) < 4.78 is 40.1. The zero-order valence-electron chi connectivity index (χ0n) is 17.8. The maximum atomic E-state index is 13.1. The van der Waals surface area contributed by atoms with E-state index in [0.717, 1.165) is 37.3 Å². The Bertz CT molecular complexity index is 952. The van der Waals surface area contributed by atoms with Gasteiger partial charge in [0.25, 0.3) is 0 Å². The number of nitrogens with one attached hydrogen (secondary N) is 1. The first-order valence-corrected chi connectivity index (χ1v) is 12.2. The number of nitrogens with zero attached hydrogens (tertiary/aromatic N) is 2. The first-order valence-electron chi connectivity index (χ1n) is 10.7. The topological polar surface area (TPSA) is 69.7 Å². The van der Waals surface area contributed by atoms with Crippen molar-refractivity contribution in [2.45, 2.75) is 31.1 Å². The Balaban J connectivity index is 1.50. The SMILES string of the molecule is CCN(CCCNC(=O)C1CCCN(S(=O)(=O)c2ccc(F)cc2)C1)c1ccccc1. The van der Waals surface area contributed by atoms with E-state index in [1.165, 1.54) is 16.4 Å². The Morgan fingerprint density at radius 1 is 1.16 bits per heavy atom. The minimum absolute atomic E-state index is 0.0514. The van der Waals surface area contributed by atoms with E-state index in [4.69, 9.17) is 0 Å². The van der Waals surface area contributed by atoms with E-state index in [1.54, 1.807) is 0 Å². The second-order valence-electron chi connectivity index (χ2n) is 7.72. The quantitative estimate of drug-likeness (QED) is 0.599. The third-order valence-corrected chi connectivity index (χ3v) is 7.49. The fraction of sp³-hybridized carbons (Fsp3) is 0.435. The maximum Gasteiger partial charge on any atom is 0.243 e. The number of anilines is 1. The Hall–Kier alpha value is -2.45. The van der Waals surface area contributed by atoms with Crippen LogP contribution in [0.5, 0.6) is 0 Å². The highest BCUT2D eigenvalue weighted by Gasteiger charge is 2.33. The van der Waals surface area contributed by atoms with Crippen molar-refractivity contribution in [3.63, 3.8) is 0 Å². The molecule has 1 aliphatic heterocycles. The minimum atomic E-state index is -3.74. The van der Waals surface area contributed by atoms with Crippen molar-refractivity contribution in [3.05, 3.63) is 60.4 Å². The summed E-state index contributed by atoms with van der Waals surface area (Å²) in [5, 5.41) is 2.97. The minimum Gasteiger partial charge on any atom is -0.372 e. The second kappa shape index (κ2) is 10.7. The van der Waals surface area contributed by atoms with Crippen LogP contribution in [0.3, 0.4) is 0 Å². The molecular formula is C23H30FN3O3S. The van der Waals surface area contributed by atoms with Gasteiger partial charge < -0.3 is 10.2 Å². The Morgan fingerprint density at radius 2 is 1.87 bits per heavy atom. The lowest BCUT2D eigenvalue weighted by molar-refractivity contribution is -0.126. The molecule has 1 heterocycles. The third kappa shape index (κ3) is 6.04. The van der Waals surface area contributed by atoms with Crippen molar-refractivity contribution in [1.82, 2.24) is 9.62 Å². The molecule has 2 aromatic rings. The predicted molar refractivity (Wildman–Crippen MR) is 120 cm³/mol. The smallest absolute Gasteiger partial charge is 0.243 e. The van der Waals surface area contributed by atoms with Gasteiger partial charge in [-0.25, -0.2) is 12.8 Å².